The van der Waals surface area contributed by atoms with Crippen LogP contribution in [0.4, 0.5) is 0 Å². The van der Waals surface area contributed by atoms with Crippen molar-refractivity contribution in [3.05, 3.63) is 35.9 Å². The molecule has 8 aliphatic rings. The van der Waals surface area contributed by atoms with Gasteiger partial charge in [0.25, 0.3) is 0 Å². The van der Waals surface area contributed by atoms with Gasteiger partial charge in [-0.1, -0.05) is 30.3 Å². The quantitative estimate of drug-likeness (QED) is 0.828. The zero-order chi connectivity index (χ0) is 17.9. The molecule has 0 amide bonds. The maximum Gasteiger partial charge on any atom is 0.0496 e. The number of fused-ring (bicyclic) bond motifs is 4. The van der Waals surface area contributed by atoms with E-state index in [2.05, 4.69) is 30.3 Å². The molecule has 1 aromatic carbocycles. The van der Waals surface area contributed by atoms with E-state index in [1.54, 1.807) is 12.8 Å². The van der Waals surface area contributed by atoms with Crippen LogP contribution in [0.5, 0.6) is 0 Å². The molecule has 146 valence electrons. The van der Waals surface area contributed by atoms with Gasteiger partial charge in [-0.05, 0) is 121 Å². The molecule has 0 spiro atoms. The highest BCUT2D eigenvalue weighted by molar-refractivity contribution is 5.35. The molecular weight excluding hydrogens is 340 g/mol. The summed E-state index contributed by atoms with van der Waals surface area (Å²) in [7, 11) is 0. The summed E-state index contributed by atoms with van der Waals surface area (Å²) in [6.07, 6.45) is 7.30. The van der Waals surface area contributed by atoms with E-state index in [0.29, 0.717) is 6.61 Å². The first-order chi connectivity index (χ1) is 13.8. The summed E-state index contributed by atoms with van der Waals surface area (Å²) in [6, 6.07) is 11.3. The zero-order valence-electron chi connectivity index (χ0n) is 16.7. The lowest BCUT2D eigenvalue weighted by Crippen LogP contribution is -2.44. The van der Waals surface area contributed by atoms with Gasteiger partial charge in [-0.2, -0.15) is 0 Å². The van der Waals surface area contributed by atoms with E-state index in [-0.39, 0.29) is 5.41 Å². The third-order valence-corrected chi connectivity index (χ3v) is 12.9. The molecule has 8 aliphatic carbocycles. The lowest BCUT2D eigenvalue weighted by molar-refractivity contribution is -0.0119. The second-order valence-electron chi connectivity index (χ2n) is 12.5. The summed E-state index contributed by atoms with van der Waals surface area (Å²) in [6.45, 7) is 0.472. The van der Waals surface area contributed by atoms with Gasteiger partial charge < -0.3 is 5.11 Å². The summed E-state index contributed by atoms with van der Waals surface area (Å²) < 4.78 is 0. The Morgan fingerprint density at radius 2 is 1.14 bits per heavy atom. The van der Waals surface area contributed by atoms with Crippen molar-refractivity contribution >= 4 is 0 Å². The average Bonchev–Trinajstić information content (AvgIpc) is 3.48. The standard InChI is InChI=1S/C27H32O/c28-11-27(10-12-4-2-1-3-5-12)25-15-8-6-13-17-14-7-9-16-19(14)22-20(17)21(18(13)15)23(25)24(22)26(16)27/h1-5,13-26,28H,6-11H2. The molecule has 12 atom stereocenters. The molecule has 1 aromatic rings. The van der Waals surface area contributed by atoms with Crippen molar-refractivity contribution in [3.8, 4) is 0 Å². The Hall–Kier alpha value is -0.820. The lowest BCUT2D eigenvalue weighted by atomic mass is 9.60. The number of hydrogen-bond donors (Lipinski definition) is 1. The maximum atomic E-state index is 11.2. The minimum Gasteiger partial charge on any atom is -0.396 e. The van der Waals surface area contributed by atoms with Crippen LogP contribution in [0.2, 0.25) is 0 Å². The molecule has 0 aromatic heterocycles. The van der Waals surface area contributed by atoms with E-state index >= 15 is 0 Å². The van der Waals surface area contributed by atoms with E-state index in [4.69, 9.17) is 0 Å². The molecule has 0 bridgehead atoms. The van der Waals surface area contributed by atoms with Crippen LogP contribution in [-0.4, -0.2) is 11.7 Å². The number of rotatable bonds is 3. The summed E-state index contributed by atoms with van der Waals surface area (Å²) in [4.78, 5) is 0. The number of benzene rings is 1. The Balaban J connectivity index is 1.30. The Morgan fingerprint density at radius 1 is 0.643 bits per heavy atom. The van der Waals surface area contributed by atoms with Crippen LogP contribution < -0.4 is 0 Å². The Bertz CT molecular complexity index is 830. The highest BCUT2D eigenvalue weighted by Crippen LogP contribution is 2.90. The van der Waals surface area contributed by atoms with Gasteiger partial charge in [0.1, 0.15) is 0 Å². The van der Waals surface area contributed by atoms with E-state index in [9.17, 15) is 5.11 Å². The molecular formula is C27H32O. The molecule has 9 rings (SSSR count). The van der Waals surface area contributed by atoms with E-state index in [1.807, 2.05) is 0 Å². The van der Waals surface area contributed by atoms with Crippen LogP contribution in [0.25, 0.3) is 0 Å². The minimum atomic E-state index is 0.213. The van der Waals surface area contributed by atoms with Crippen molar-refractivity contribution in [2.24, 2.45) is 88.3 Å². The SMILES string of the molecule is OCC1(Cc2ccccc2)C2C3CCC4C5C6CCC7C6C6C5C(C43)C2C6C71. The molecule has 0 heterocycles. The summed E-state index contributed by atoms with van der Waals surface area (Å²) >= 11 is 0. The fourth-order valence-corrected chi connectivity index (χ4v) is 13.6. The fourth-order valence-electron chi connectivity index (χ4n) is 13.6. The van der Waals surface area contributed by atoms with Crippen molar-refractivity contribution in [3.63, 3.8) is 0 Å². The molecule has 8 saturated carbocycles. The van der Waals surface area contributed by atoms with Crippen molar-refractivity contribution < 1.29 is 5.11 Å². The van der Waals surface area contributed by atoms with Gasteiger partial charge in [0.15, 0.2) is 0 Å². The second kappa shape index (κ2) is 4.43. The maximum absolute atomic E-state index is 11.2. The number of hydrogen-bond acceptors (Lipinski definition) is 1. The van der Waals surface area contributed by atoms with Gasteiger partial charge in [-0.15, -0.1) is 0 Å². The average molecular weight is 373 g/mol. The Morgan fingerprint density at radius 3 is 1.71 bits per heavy atom. The van der Waals surface area contributed by atoms with Gasteiger partial charge >= 0.3 is 0 Å². The van der Waals surface area contributed by atoms with Gasteiger partial charge in [0.2, 0.25) is 0 Å². The lowest BCUT2D eigenvalue weighted by Gasteiger charge is -2.44. The predicted octanol–water partition coefficient (Wildman–Crippen LogP) is 4.50. The first-order valence-electron chi connectivity index (χ1n) is 12.5. The Labute approximate surface area is 168 Å². The van der Waals surface area contributed by atoms with Crippen LogP contribution >= 0.6 is 0 Å². The topological polar surface area (TPSA) is 20.2 Å². The van der Waals surface area contributed by atoms with Crippen LogP contribution in [0.3, 0.4) is 0 Å². The summed E-state index contributed by atoms with van der Waals surface area (Å²) in [5.74, 6) is 14.6. The van der Waals surface area contributed by atoms with Crippen LogP contribution in [-0.2, 0) is 6.42 Å². The van der Waals surface area contributed by atoms with Gasteiger partial charge in [-0.25, -0.2) is 0 Å². The van der Waals surface area contributed by atoms with E-state index < -0.39 is 0 Å². The van der Waals surface area contributed by atoms with Crippen molar-refractivity contribution in [2.45, 2.75) is 32.1 Å². The van der Waals surface area contributed by atoms with E-state index in [1.165, 1.54) is 24.8 Å². The molecule has 0 radical (unpaired) electrons. The number of aliphatic hydroxyl groups is 1. The number of aliphatic hydroxyl groups excluding tert-OH is 1. The van der Waals surface area contributed by atoms with Crippen molar-refractivity contribution in [1.29, 1.82) is 0 Å². The van der Waals surface area contributed by atoms with Crippen molar-refractivity contribution in [1.82, 2.24) is 0 Å². The second-order valence-corrected chi connectivity index (χ2v) is 12.5. The molecule has 12 unspecified atom stereocenters. The first kappa shape index (κ1) is 15.1. The highest BCUT2D eigenvalue weighted by Gasteiger charge is 2.87. The summed E-state index contributed by atoms with van der Waals surface area (Å²) in [5, 5.41) is 11.2. The van der Waals surface area contributed by atoms with Crippen molar-refractivity contribution in [2.75, 3.05) is 6.61 Å². The zero-order valence-corrected chi connectivity index (χ0v) is 16.7. The smallest absolute Gasteiger partial charge is 0.0496 e. The molecule has 1 nitrogen and oxygen atoms in total. The normalized spacial score (nSPS) is 67.3. The minimum absolute atomic E-state index is 0.213. The largest absolute Gasteiger partial charge is 0.396 e. The van der Waals surface area contributed by atoms with E-state index in [0.717, 1.165) is 82.9 Å². The molecule has 8 fully saturated rings. The molecule has 0 saturated heterocycles. The molecule has 28 heavy (non-hydrogen) atoms. The summed E-state index contributed by atoms with van der Waals surface area (Å²) in [5.41, 5.74) is 1.72. The predicted molar refractivity (Wildman–Crippen MR) is 107 cm³/mol. The van der Waals surface area contributed by atoms with Gasteiger partial charge in [-0.3, -0.25) is 0 Å². The van der Waals surface area contributed by atoms with Crippen LogP contribution in [0, 0.1) is 88.3 Å². The van der Waals surface area contributed by atoms with Crippen LogP contribution in [0.1, 0.15) is 31.2 Å². The first-order valence-corrected chi connectivity index (χ1v) is 12.5. The molecule has 1 N–H and O–H groups in total. The Kier molecular flexibility index (Phi) is 2.38. The molecule has 1 heteroatoms. The third-order valence-electron chi connectivity index (χ3n) is 12.9. The van der Waals surface area contributed by atoms with Crippen LogP contribution in [0.15, 0.2) is 30.3 Å². The fraction of sp³-hybridized carbons (Fsp3) is 0.778. The molecule has 0 aliphatic heterocycles. The highest BCUT2D eigenvalue weighted by atomic mass is 16.3. The van der Waals surface area contributed by atoms with Gasteiger partial charge in [0, 0.05) is 12.0 Å². The monoisotopic (exact) mass is 372 g/mol. The third kappa shape index (κ3) is 1.24. The van der Waals surface area contributed by atoms with Gasteiger partial charge in [0.05, 0.1) is 0 Å².